The van der Waals surface area contributed by atoms with Crippen molar-refractivity contribution in [2.75, 3.05) is 0 Å². The second kappa shape index (κ2) is 7.52. The molecular formula is C19H17N3O3S. The molecule has 0 spiro atoms. The second-order valence-corrected chi connectivity index (χ2v) is 6.88. The zero-order valence-corrected chi connectivity index (χ0v) is 14.9. The first kappa shape index (κ1) is 17.9. The van der Waals surface area contributed by atoms with Gasteiger partial charge >= 0.3 is 0 Å². The van der Waals surface area contributed by atoms with Gasteiger partial charge in [0.1, 0.15) is 16.8 Å². The number of benzene rings is 2. The Morgan fingerprint density at radius 2 is 1.81 bits per heavy atom. The Labute approximate surface area is 152 Å². The predicted octanol–water partition coefficient (Wildman–Crippen LogP) is 2.58. The molecule has 3 rings (SSSR count). The van der Waals surface area contributed by atoms with E-state index in [4.69, 9.17) is 0 Å². The van der Waals surface area contributed by atoms with Crippen LogP contribution in [0.4, 0.5) is 0 Å². The van der Waals surface area contributed by atoms with Crippen LogP contribution in [0.5, 0.6) is 0 Å². The average molecular weight is 367 g/mol. The fraction of sp³-hybridized carbons (Fsp3) is 0.158. The van der Waals surface area contributed by atoms with Gasteiger partial charge in [-0.3, -0.25) is 0 Å². The molecule has 0 aliphatic carbocycles. The number of thiol groups is 1. The van der Waals surface area contributed by atoms with Crippen molar-refractivity contribution in [3.8, 4) is 23.0 Å². The van der Waals surface area contributed by atoms with Gasteiger partial charge in [-0.15, -0.1) is 0 Å². The lowest BCUT2D eigenvalue weighted by Crippen LogP contribution is -2.00. The predicted molar refractivity (Wildman–Crippen MR) is 98.4 cm³/mol. The van der Waals surface area contributed by atoms with Crippen LogP contribution in [0.3, 0.4) is 0 Å². The van der Waals surface area contributed by atoms with Gasteiger partial charge in [0.15, 0.2) is 5.69 Å². The van der Waals surface area contributed by atoms with E-state index in [2.05, 4.69) is 5.10 Å². The van der Waals surface area contributed by atoms with Crippen molar-refractivity contribution in [2.24, 2.45) is 0 Å². The molecule has 132 valence electrons. The lowest BCUT2D eigenvalue weighted by molar-refractivity contribution is 0.199. The highest BCUT2D eigenvalue weighted by atomic mass is 32.2. The number of nitrogens with zero attached hydrogens (tertiary/aromatic N) is 3. The molecule has 0 radical (unpaired) electrons. The van der Waals surface area contributed by atoms with E-state index >= 15 is 0 Å². The second-order valence-electron chi connectivity index (χ2n) is 5.89. The summed E-state index contributed by atoms with van der Waals surface area (Å²) in [4.78, 5) is 0. The van der Waals surface area contributed by atoms with E-state index in [9.17, 15) is 18.8 Å². The zero-order valence-electron chi connectivity index (χ0n) is 14.0. The van der Waals surface area contributed by atoms with E-state index in [-0.39, 0.29) is 11.4 Å². The number of nitriles is 1. The first-order chi connectivity index (χ1) is 12.5. The number of hydrogen-bond acceptors (Lipinski definition) is 5. The van der Waals surface area contributed by atoms with Crippen LogP contribution in [0, 0.1) is 11.3 Å². The van der Waals surface area contributed by atoms with Gasteiger partial charge in [0.25, 0.3) is 0 Å². The Hall–Kier alpha value is -2.95. The quantitative estimate of drug-likeness (QED) is 0.676. The summed E-state index contributed by atoms with van der Waals surface area (Å²) in [7, 11) is -2.47. The molecule has 0 bridgehead atoms. The van der Waals surface area contributed by atoms with E-state index in [0.717, 1.165) is 22.5 Å². The van der Waals surface area contributed by atoms with Crippen molar-refractivity contribution in [1.29, 1.82) is 5.26 Å². The van der Waals surface area contributed by atoms with Gasteiger partial charge in [-0.2, -0.15) is 10.4 Å². The molecule has 0 amide bonds. The fourth-order valence-electron chi connectivity index (χ4n) is 2.66. The Balaban J connectivity index is 2.02. The van der Waals surface area contributed by atoms with Crippen molar-refractivity contribution in [3.63, 3.8) is 0 Å². The largest absolute Gasteiger partial charge is 0.389 e. The molecule has 0 saturated heterocycles. The van der Waals surface area contributed by atoms with Crippen LogP contribution in [-0.2, 0) is 16.5 Å². The summed E-state index contributed by atoms with van der Waals surface area (Å²) in [6, 6.07) is 18.1. The van der Waals surface area contributed by atoms with Crippen LogP contribution in [0.15, 0.2) is 54.6 Å². The smallest absolute Gasteiger partial charge is 0.163 e. The minimum atomic E-state index is -2.47. The van der Waals surface area contributed by atoms with E-state index in [1.165, 1.54) is 0 Å². The molecule has 1 heterocycles. The first-order valence-electron chi connectivity index (χ1n) is 7.97. The van der Waals surface area contributed by atoms with E-state index < -0.39 is 16.8 Å². The number of hydrogen-bond donors (Lipinski definition) is 2. The van der Waals surface area contributed by atoms with Crippen LogP contribution in [-0.4, -0.2) is 23.3 Å². The SMILES string of the molecule is CC(O)c1ccc(-n2nc(C#N)cc2-c2ccc(C[SH](=O)=O)cc2)cc1. The highest BCUT2D eigenvalue weighted by molar-refractivity contribution is 7.71. The normalized spacial score (nSPS) is 12.1. The van der Waals surface area contributed by atoms with Crippen molar-refractivity contribution < 1.29 is 13.5 Å². The maximum atomic E-state index is 10.8. The monoisotopic (exact) mass is 367 g/mol. The first-order valence-corrected chi connectivity index (χ1v) is 9.34. The molecule has 1 aromatic heterocycles. The summed E-state index contributed by atoms with van der Waals surface area (Å²) in [5, 5.41) is 23.2. The molecule has 0 aliphatic heterocycles. The summed E-state index contributed by atoms with van der Waals surface area (Å²) < 4.78 is 23.4. The van der Waals surface area contributed by atoms with Crippen LogP contribution >= 0.6 is 0 Å². The minimum Gasteiger partial charge on any atom is -0.389 e. The number of aromatic nitrogens is 2. The number of aliphatic hydroxyl groups is 1. The number of aliphatic hydroxyl groups excluding tert-OH is 1. The van der Waals surface area contributed by atoms with Crippen molar-refractivity contribution in [2.45, 2.75) is 18.8 Å². The maximum Gasteiger partial charge on any atom is 0.163 e. The van der Waals surface area contributed by atoms with Crippen LogP contribution in [0.25, 0.3) is 16.9 Å². The molecule has 3 aromatic rings. The van der Waals surface area contributed by atoms with Crippen molar-refractivity contribution in [3.05, 3.63) is 71.4 Å². The van der Waals surface area contributed by atoms with Crippen molar-refractivity contribution in [1.82, 2.24) is 9.78 Å². The van der Waals surface area contributed by atoms with E-state index in [0.29, 0.717) is 5.56 Å². The van der Waals surface area contributed by atoms with E-state index in [1.54, 1.807) is 29.8 Å². The highest BCUT2D eigenvalue weighted by Gasteiger charge is 2.12. The van der Waals surface area contributed by atoms with Gasteiger partial charge in [-0.05, 0) is 30.2 Å². The topological polar surface area (TPSA) is 96.0 Å². The van der Waals surface area contributed by atoms with Gasteiger partial charge in [0.05, 0.1) is 23.2 Å². The van der Waals surface area contributed by atoms with E-state index in [1.807, 2.05) is 42.5 Å². The Morgan fingerprint density at radius 3 is 2.35 bits per heavy atom. The average Bonchev–Trinajstić information content (AvgIpc) is 3.06. The Bertz CT molecular complexity index is 1020. The molecule has 1 atom stereocenters. The van der Waals surface area contributed by atoms with Gasteiger partial charge in [0.2, 0.25) is 0 Å². The fourth-order valence-corrected chi connectivity index (χ4v) is 3.17. The number of rotatable bonds is 5. The zero-order chi connectivity index (χ0) is 18.7. The van der Waals surface area contributed by atoms with Gasteiger partial charge in [-0.25, -0.2) is 13.1 Å². The molecule has 1 unspecified atom stereocenters. The summed E-state index contributed by atoms with van der Waals surface area (Å²) >= 11 is 0. The molecule has 0 aliphatic rings. The Morgan fingerprint density at radius 1 is 1.15 bits per heavy atom. The third kappa shape index (κ3) is 3.82. The lowest BCUT2D eigenvalue weighted by atomic mass is 10.1. The summed E-state index contributed by atoms with van der Waals surface area (Å²) in [6.45, 7) is 1.69. The Kier molecular flexibility index (Phi) is 5.16. The molecule has 6 nitrogen and oxygen atoms in total. The highest BCUT2D eigenvalue weighted by Crippen LogP contribution is 2.25. The maximum absolute atomic E-state index is 10.8. The summed E-state index contributed by atoms with van der Waals surface area (Å²) in [6.07, 6.45) is -0.559. The van der Waals surface area contributed by atoms with Gasteiger partial charge in [-0.1, -0.05) is 36.4 Å². The minimum absolute atomic E-state index is 0.000866. The van der Waals surface area contributed by atoms with Gasteiger partial charge in [0, 0.05) is 11.6 Å². The van der Waals surface area contributed by atoms with Gasteiger partial charge < -0.3 is 5.11 Å². The summed E-state index contributed by atoms with van der Waals surface area (Å²) in [5.41, 5.74) is 4.09. The molecule has 0 saturated carbocycles. The molecule has 0 fully saturated rings. The van der Waals surface area contributed by atoms with Crippen LogP contribution < -0.4 is 0 Å². The lowest BCUT2D eigenvalue weighted by Gasteiger charge is -2.10. The molecule has 26 heavy (non-hydrogen) atoms. The standard InChI is InChI=1S/C19H17N3O3S/c1-13(23)15-6-8-18(9-7-15)22-19(10-17(11-20)21-22)16-4-2-14(3-5-16)12-26(24)25/h2-10,13,23,26H,12H2,1H3. The van der Waals surface area contributed by atoms with Crippen LogP contribution in [0.1, 0.15) is 29.8 Å². The third-order valence-electron chi connectivity index (χ3n) is 4.01. The molecule has 7 heteroatoms. The van der Waals surface area contributed by atoms with Crippen LogP contribution in [0.2, 0.25) is 0 Å². The molecule has 2 aromatic carbocycles. The summed E-state index contributed by atoms with van der Waals surface area (Å²) in [5.74, 6) is -0.000866. The molecular weight excluding hydrogens is 350 g/mol. The van der Waals surface area contributed by atoms with Crippen molar-refractivity contribution >= 4 is 10.7 Å². The third-order valence-corrected chi connectivity index (χ3v) is 4.63. The molecule has 1 N–H and O–H groups in total.